The normalized spacial score (nSPS) is 26.8. The van der Waals surface area contributed by atoms with Gasteiger partial charge in [0, 0.05) is 0 Å². The predicted molar refractivity (Wildman–Crippen MR) is 77.7 cm³/mol. The van der Waals surface area contributed by atoms with Gasteiger partial charge in [-0.25, -0.2) is 0 Å². The first kappa shape index (κ1) is 14.9. The molecule has 2 atom stereocenters. The van der Waals surface area contributed by atoms with Gasteiger partial charge in [-0.3, -0.25) is 9.59 Å². The van der Waals surface area contributed by atoms with Crippen LogP contribution in [0.4, 0.5) is 0 Å². The average Bonchev–Trinajstić information content (AvgIpc) is 2.85. The van der Waals surface area contributed by atoms with Crippen LogP contribution in [-0.2, 0) is 9.59 Å². The van der Waals surface area contributed by atoms with Gasteiger partial charge in [-0.15, -0.1) is 6.42 Å². The number of nitrogens with one attached hydrogen (secondary N) is 1. The number of rotatable bonds is 3. The van der Waals surface area contributed by atoms with E-state index in [1.54, 1.807) is 4.90 Å². The summed E-state index contributed by atoms with van der Waals surface area (Å²) < 4.78 is 0. The zero-order valence-electron chi connectivity index (χ0n) is 12.6. The molecule has 2 unspecified atom stereocenters. The molecule has 2 fully saturated rings. The zero-order chi connectivity index (χ0) is 14.9. The molecular weight excluding hydrogens is 252 g/mol. The monoisotopic (exact) mass is 276 g/mol. The lowest BCUT2D eigenvalue weighted by atomic mass is 9.86. The van der Waals surface area contributed by atoms with Crippen molar-refractivity contribution < 1.29 is 9.59 Å². The maximum Gasteiger partial charge on any atom is 0.250 e. The summed E-state index contributed by atoms with van der Waals surface area (Å²) in [7, 11) is 0. The number of amides is 2. The van der Waals surface area contributed by atoms with Gasteiger partial charge in [0.25, 0.3) is 0 Å². The Balaban J connectivity index is 2.41. The van der Waals surface area contributed by atoms with Crippen molar-refractivity contribution in [2.24, 2.45) is 5.92 Å². The molecule has 1 saturated heterocycles. The third kappa shape index (κ3) is 2.19. The third-order valence-corrected chi connectivity index (χ3v) is 4.58. The Labute approximate surface area is 121 Å². The Bertz CT molecular complexity index is 444. The highest BCUT2D eigenvalue weighted by molar-refractivity contribution is 6.00. The summed E-state index contributed by atoms with van der Waals surface area (Å²) in [4.78, 5) is 27.2. The predicted octanol–water partition coefficient (Wildman–Crippen LogP) is 1.69. The van der Waals surface area contributed by atoms with Crippen molar-refractivity contribution in [1.29, 1.82) is 0 Å². The largest absolute Gasteiger partial charge is 0.340 e. The van der Waals surface area contributed by atoms with E-state index in [0.717, 1.165) is 25.7 Å². The fourth-order valence-electron chi connectivity index (χ4n) is 3.53. The van der Waals surface area contributed by atoms with Crippen LogP contribution in [0.2, 0.25) is 0 Å². The summed E-state index contributed by atoms with van der Waals surface area (Å²) in [5.74, 6) is 2.72. The second-order valence-electron chi connectivity index (χ2n) is 6.27. The van der Waals surface area contributed by atoms with E-state index < -0.39 is 11.6 Å². The summed E-state index contributed by atoms with van der Waals surface area (Å²) >= 11 is 0. The molecule has 110 valence electrons. The van der Waals surface area contributed by atoms with E-state index in [1.165, 1.54) is 0 Å². The van der Waals surface area contributed by atoms with E-state index in [1.807, 2.05) is 20.8 Å². The van der Waals surface area contributed by atoms with Gasteiger partial charge in [0.2, 0.25) is 11.8 Å². The second-order valence-corrected chi connectivity index (χ2v) is 6.27. The van der Waals surface area contributed by atoms with Crippen molar-refractivity contribution in [3.8, 4) is 12.3 Å². The number of carbonyl (C=O) groups excluding carboxylic acids is 2. The lowest BCUT2D eigenvalue weighted by molar-refractivity contribution is -0.158. The minimum absolute atomic E-state index is 0.0260. The van der Waals surface area contributed by atoms with Crippen molar-refractivity contribution >= 4 is 11.8 Å². The number of piperazine rings is 1. The maximum absolute atomic E-state index is 13.0. The van der Waals surface area contributed by atoms with Crippen LogP contribution in [0.3, 0.4) is 0 Å². The minimum atomic E-state index is -0.688. The molecule has 20 heavy (non-hydrogen) atoms. The van der Waals surface area contributed by atoms with Crippen LogP contribution >= 0.6 is 0 Å². The van der Waals surface area contributed by atoms with Gasteiger partial charge in [-0.05, 0) is 25.2 Å². The van der Waals surface area contributed by atoms with Crippen molar-refractivity contribution in [3.05, 3.63) is 0 Å². The number of hydrogen-bond acceptors (Lipinski definition) is 2. The van der Waals surface area contributed by atoms with Crippen LogP contribution in [-0.4, -0.2) is 34.3 Å². The number of terminal acetylenes is 1. The maximum atomic E-state index is 13.0. The standard InChI is InChI=1S/C16H24N2O2/c1-5-12(6-2)18-13(11(3)4)14(19)17-16(15(18)20)9-7-8-10-16/h1,11-13H,6-10H2,2-4H3,(H,17,19). The molecule has 2 amide bonds. The molecule has 2 aliphatic rings. The summed E-state index contributed by atoms with van der Waals surface area (Å²) in [6.07, 6.45) is 9.71. The first-order valence-corrected chi connectivity index (χ1v) is 7.57. The van der Waals surface area contributed by atoms with Crippen molar-refractivity contribution in [1.82, 2.24) is 10.2 Å². The highest BCUT2D eigenvalue weighted by Gasteiger charge is 2.53. The molecule has 1 N–H and O–H groups in total. The minimum Gasteiger partial charge on any atom is -0.340 e. The summed E-state index contributed by atoms with van der Waals surface area (Å²) in [5.41, 5.74) is -0.688. The SMILES string of the molecule is C#CC(CC)N1C(=O)C2(CCCC2)NC(=O)C1C(C)C. The summed E-state index contributed by atoms with van der Waals surface area (Å²) in [6, 6.07) is -0.742. The van der Waals surface area contributed by atoms with E-state index in [9.17, 15) is 9.59 Å². The number of nitrogens with zero attached hydrogens (tertiary/aromatic N) is 1. The highest BCUT2D eigenvalue weighted by atomic mass is 16.2. The molecule has 4 heteroatoms. The molecule has 0 aromatic rings. The van der Waals surface area contributed by atoms with E-state index in [-0.39, 0.29) is 23.8 Å². The fraction of sp³-hybridized carbons (Fsp3) is 0.750. The van der Waals surface area contributed by atoms with Crippen LogP contribution in [0.1, 0.15) is 52.9 Å². The van der Waals surface area contributed by atoms with Crippen LogP contribution in [0, 0.1) is 18.3 Å². The van der Waals surface area contributed by atoms with E-state index in [4.69, 9.17) is 6.42 Å². The van der Waals surface area contributed by atoms with Crippen molar-refractivity contribution in [2.75, 3.05) is 0 Å². The smallest absolute Gasteiger partial charge is 0.250 e. The average molecular weight is 276 g/mol. The second kappa shape index (κ2) is 5.47. The molecule has 1 heterocycles. The lowest BCUT2D eigenvalue weighted by Gasteiger charge is -2.47. The molecule has 0 bridgehead atoms. The van der Waals surface area contributed by atoms with Crippen LogP contribution in [0.15, 0.2) is 0 Å². The van der Waals surface area contributed by atoms with E-state index >= 15 is 0 Å². The van der Waals surface area contributed by atoms with Crippen molar-refractivity contribution in [3.63, 3.8) is 0 Å². The third-order valence-electron chi connectivity index (χ3n) is 4.58. The Morgan fingerprint density at radius 2 is 2.00 bits per heavy atom. The topological polar surface area (TPSA) is 49.4 Å². The molecule has 1 aliphatic carbocycles. The summed E-state index contributed by atoms with van der Waals surface area (Å²) in [5, 5.41) is 3.01. The first-order valence-electron chi connectivity index (χ1n) is 7.57. The molecule has 0 aromatic carbocycles. The van der Waals surface area contributed by atoms with Gasteiger partial charge in [0.1, 0.15) is 11.6 Å². The van der Waals surface area contributed by atoms with Gasteiger partial charge in [0.15, 0.2) is 0 Å². The first-order chi connectivity index (χ1) is 9.46. The highest BCUT2D eigenvalue weighted by Crippen LogP contribution is 2.36. The van der Waals surface area contributed by atoms with E-state index in [0.29, 0.717) is 6.42 Å². The molecule has 1 aliphatic heterocycles. The molecule has 1 spiro atoms. The summed E-state index contributed by atoms with van der Waals surface area (Å²) in [6.45, 7) is 5.88. The fourth-order valence-corrected chi connectivity index (χ4v) is 3.53. The Morgan fingerprint density at radius 3 is 2.45 bits per heavy atom. The molecule has 0 radical (unpaired) electrons. The van der Waals surface area contributed by atoms with Crippen LogP contribution in [0.25, 0.3) is 0 Å². The van der Waals surface area contributed by atoms with Gasteiger partial charge in [-0.1, -0.05) is 39.5 Å². The molecule has 2 rings (SSSR count). The zero-order valence-corrected chi connectivity index (χ0v) is 12.6. The lowest BCUT2D eigenvalue weighted by Crippen LogP contribution is -2.72. The quantitative estimate of drug-likeness (QED) is 0.798. The molecule has 0 aromatic heterocycles. The molecule has 1 saturated carbocycles. The number of carbonyl (C=O) groups is 2. The van der Waals surface area contributed by atoms with Gasteiger partial charge < -0.3 is 10.2 Å². The van der Waals surface area contributed by atoms with Crippen molar-refractivity contribution in [2.45, 2.75) is 70.5 Å². The molecular formula is C16H24N2O2. The van der Waals surface area contributed by atoms with Gasteiger partial charge in [0.05, 0.1) is 6.04 Å². The van der Waals surface area contributed by atoms with E-state index in [2.05, 4.69) is 11.2 Å². The van der Waals surface area contributed by atoms with Gasteiger partial charge in [-0.2, -0.15) is 0 Å². The number of hydrogen-bond donors (Lipinski definition) is 1. The Morgan fingerprint density at radius 1 is 1.40 bits per heavy atom. The Kier molecular flexibility index (Phi) is 4.08. The molecule has 4 nitrogen and oxygen atoms in total. The van der Waals surface area contributed by atoms with Crippen LogP contribution in [0.5, 0.6) is 0 Å². The van der Waals surface area contributed by atoms with Gasteiger partial charge >= 0.3 is 0 Å². The van der Waals surface area contributed by atoms with Crippen LogP contribution < -0.4 is 5.32 Å². The Hall–Kier alpha value is -1.50.